The number of halogens is 1. The van der Waals surface area contributed by atoms with Crippen molar-refractivity contribution in [3.05, 3.63) is 58.9 Å². The maximum Gasteiger partial charge on any atom is 0.407 e. The highest BCUT2D eigenvalue weighted by Crippen LogP contribution is 2.53. The van der Waals surface area contributed by atoms with Crippen LogP contribution in [0.1, 0.15) is 43.0 Å². The lowest BCUT2D eigenvalue weighted by molar-refractivity contribution is -0.128. The number of hydrogen-bond acceptors (Lipinski definition) is 6. The summed E-state index contributed by atoms with van der Waals surface area (Å²) in [7, 11) is 0. The number of rotatable bonds is 7. The van der Waals surface area contributed by atoms with Gasteiger partial charge >= 0.3 is 6.09 Å². The van der Waals surface area contributed by atoms with Gasteiger partial charge < -0.3 is 19.5 Å². The number of aryl methyl sites for hydroxylation is 1. The van der Waals surface area contributed by atoms with Crippen LogP contribution in [0.2, 0.25) is 0 Å². The molecule has 1 N–H and O–H groups in total. The smallest absolute Gasteiger partial charge is 0.407 e. The quantitative estimate of drug-likeness (QED) is 0.186. The average molecular weight is 640 g/mol. The molecule has 3 aromatic heterocycles. The largest absolute Gasteiger partial charge is 0.465 e. The molecule has 3 saturated heterocycles. The highest BCUT2D eigenvalue weighted by atomic mass is 32.2. The van der Waals surface area contributed by atoms with Gasteiger partial charge in [0.1, 0.15) is 10.5 Å². The van der Waals surface area contributed by atoms with Gasteiger partial charge in [-0.25, -0.2) is 14.2 Å². The van der Waals surface area contributed by atoms with Gasteiger partial charge in [-0.15, -0.1) is 23.1 Å². The van der Waals surface area contributed by atoms with Crippen molar-refractivity contribution in [1.29, 1.82) is 5.26 Å². The number of thiophene rings is 1. The predicted octanol–water partition coefficient (Wildman–Crippen LogP) is 7.43. The highest BCUT2D eigenvalue weighted by Gasteiger charge is 2.55. The van der Waals surface area contributed by atoms with Gasteiger partial charge in [0.15, 0.2) is 5.82 Å². The van der Waals surface area contributed by atoms with Crippen LogP contribution < -0.4 is 0 Å². The first kappa shape index (κ1) is 28.3. The van der Waals surface area contributed by atoms with E-state index in [1.807, 2.05) is 46.9 Å². The summed E-state index contributed by atoms with van der Waals surface area (Å²) >= 11 is 3.02. The lowest BCUT2D eigenvalue weighted by Gasteiger charge is -2.39. The SMILES string of the molecule is CSc1nc2c(F)c(-c3csc4ccccc34)c(CCC#N)cc2c2c1cc(CN1CCCC1=O)n2[C@H]1[C@@H]2C[C@H]1N(C(=O)O)C2. The molecule has 1 saturated carbocycles. The van der Waals surface area contributed by atoms with Crippen molar-refractivity contribution in [3.63, 3.8) is 0 Å². The predicted molar refractivity (Wildman–Crippen MR) is 174 cm³/mol. The lowest BCUT2D eigenvalue weighted by atomic mass is 9.79. The topological polar surface area (TPSA) is 102 Å². The maximum absolute atomic E-state index is 17.1. The summed E-state index contributed by atoms with van der Waals surface area (Å²) in [6.07, 6.45) is 3.75. The van der Waals surface area contributed by atoms with Crippen LogP contribution in [0.3, 0.4) is 0 Å². The third-order valence-electron chi connectivity index (χ3n) is 9.91. The van der Waals surface area contributed by atoms with Gasteiger partial charge in [-0.2, -0.15) is 5.26 Å². The van der Waals surface area contributed by atoms with Gasteiger partial charge in [0.05, 0.1) is 30.2 Å². The van der Waals surface area contributed by atoms with Crippen molar-refractivity contribution in [2.45, 2.75) is 55.8 Å². The average Bonchev–Trinajstić information content (AvgIpc) is 3.86. The molecule has 9 rings (SSSR count). The first-order chi connectivity index (χ1) is 21.9. The monoisotopic (exact) mass is 639 g/mol. The molecule has 4 fully saturated rings. The number of carboxylic acid groups (broad SMARTS) is 1. The second-order valence-electron chi connectivity index (χ2n) is 12.2. The zero-order valence-electron chi connectivity index (χ0n) is 24.6. The van der Waals surface area contributed by atoms with Crippen LogP contribution in [0.25, 0.3) is 43.0 Å². The Balaban J connectivity index is 1.42. The molecule has 1 aliphatic carbocycles. The van der Waals surface area contributed by atoms with E-state index in [4.69, 9.17) is 4.98 Å². The molecule has 2 aromatic carbocycles. The number of nitrogens with zero attached hydrogens (tertiary/aromatic N) is 5. The van der Waals surface area contributed by atoms with Crippen LogP contribution in [-0.2, 0) is 17.8 Å². The number of thioether (sulfide) groups is 1. The second-order valence-corrected chi connectivity index (χ2v) is 13.9. The minimum atomic E-state index is -0.925. The molecule has 4 aliphatic rings. The Morgan fingerprint density at radius 3 is 2.82 bits per heavy atom. The number of carbonyl (C=O) groups is 2. The van der Waals surface area contributed by atoms with Crippen molar-refractivity contribution >= 4 is 67.0 Å². The van der Waals surface area contributed by atoms with E-state index in [1.165, 1.54) is 16.7 Å². The van der Waals surface area contributed by atoms with Crippen LogP contribution in [0.4, 0.5) is 9.18 Å². The fourth-order valence-electron chi connectivity index (χ4n) is 7.89. The molecule has 11 heteroatoms. The van der Waals surface area contributed by atoms with E-state index in [-0.39, 0.29) is 35.8 Å². The van der Waals surface area contributed by atoms with Crippen molar-refractivity contribution in [3.8, 4) is 17.2 Å². The molecule has 5 aromatic rings. The molecule has 2 bridgehead atoms. The van der Waals surface area contributed by atoms with E-state index >= 15 is 4.39 Å². The summed E-state index contributed by atoms with van der Waals surface area (Å²) in [6, 6.07) is 14.0. The van der Waals surface area contributed by atoms with E-state index in [9.17, 15) is 20.0 Å². The van der Waals surface area contributed by atoms with Crippen molar-refractivity contribution in [2.75, 3.05) is 19.3 Å². The zero-order valence-corrected chi connectivity index (χ0v) is 26.3. The number of aromatic nitrogens is 2. The minimum Gasteiger partial charge on any atom is -0.465 e. The molecular weight excluding hydrogens is 610 g/mol. The number of carbonyl (C=O) groups excluding carboxylic acids is 1. The number of amides is 2. The fraction of sp³-hybridized carbons (Fsp3) is 0.353. The number of pyridine rings is 1. The number of fused-ring (bicyclic) bond motifs is 5. The molecule has 0 radical (unpaired) electrons. The molecule has 0 spiro atoms. The molecule has 3 atom stereocenters. The van der Waals surface area contributed by atoms with Gasteiger partial charge in [0, 0.05) is 69.5 Å². The van der Waals surface area contributed by atoms with Crippen LogP contribution >= 0.6 is 23.1 Å². The second kappa shape index (κ2) is 10.7. The van der Waals surface area contributed by atoms with E-state index in [2.05, 4.69) is 16.7 Å². The number of hydrogen-bond donors (Lipinski definition) is 1. The van der Waals surface area contributed by atoms with E-state index in [0.717, 1.165) is 50.7 Å². The lowest BCUT2D eigenvalue weighted by Crippen LogP contribution is -2.43. The van der Waals surface area contributed by atoms with Gasteiger partial charge in [-0.05, 0) is 54.7 Å². The van der Waals surface area contributed by atoms with E-state index < -0.39 is 11.9 Å². The molecule has 228 valence electrons. The van der Waals surface area contributed by atoms with Gasteiger partial charge in [-0.1, -0.05) is 18.2 Å². The van der Waals surface area contributed by atoms with Gasteiger partial charge in [0.25, 0.3) is 0 Å². The highest BCUT2D eigenvalue weighted by molar-refractivity contribution is 7.98. The number of benzene rings is 2. The Kier molecular flexibility index (Phi) is 6.76. The third-order valence-corrected chi connectivity index (χ3v) is 11.6. The van der Waals surface area contributed by atoms with Crippen molar-refractivity contribution < 1.29 is 19.1 Å². The molecular formula is C34H30FN5O3S2. The summed E-state index contributed by atoms with van der Waals surface area (Å²) in [4.78, 5) is 33.2. The molecule has 2 amide bonds. The summed E-state index contributed by atoms with van der Waals surface area (Å²) < 4.78 is 20.4. The Morgan fingerprint density at radius 1 is 1.24 bits per heavy atom. The van der Waals surface area contributed by atoms with E-state index in [0.29, 0.717) is 48.5 Å². The molecule has 8 nitrogen and oxygen atoms in total. The van der Waals surface area contributed by atoms with Crippen LogP contribution in [0.5, 0.6) is 0 Å². The Hall–Kier alpha value is -4.14. The van der Waals surface area contributed by atoms with Crippen LogP contribution in [0, 0.1) is 23.1 Å². The third kappa shape index (κ3) is 4.26. The molecule has 6 heterocycles. The Labute approximate surface area is 267 Å². The normalized spacial score (nSPS) is 20.9. The number of likely N-dealkylation sites (tertiary alicyclic amines) is 1. The summed E-state index contributed by atoms with van der Waals surface area (Å²) in [5, 5.41) is 24.7. The first-order valence-corrected chi connectivity index (χ1v) is 17.3. The van der Waals surface area contributed by atoms with Gasteiger partial charge in [-0.3, -0.25) is 4.79 Å². The standard InChI is InChI=1S/C34H30FN5O3S2/c1-44-33-23-14-20(16-38-11-5-9-27(38)41)40(31-19-13-25(31)39(15-19)34(42)43)32(23)22-12-18(6-4-10-36)28(29(35)30(22)37-33)24-17-45-26-8-3-2-7-21(24)26/h2-3,7-8,12,14,17,19,25,31H,4-6,9,11,13,15-16H2,1H3,(H,42,43)/t19-,25-,31+/m1/s1. The van der Waals surface area contributed by atoms with Crippen molar-refractivity contribution in [1.82, 2.24) is 19.4 Å². The Morgan fingerprint density at radius 2 is 2.09 bits per heavy atom. The summed E-state index contributed by atoms with van der Waals surface area (Å²) in [5.41, 5.74) is 4.05. The minimum absolute atomic E-state index is 0.112. The fourth-order valence-corrected chi connectivity index (χ4v) is 9.40. The van der Waals surface area contributed by atoms with E-state index in [1.54, 1.807) is 11.3 Å². The maximum atomic E-state index is 17.1. The van der Waals surface area contributed by atoms with Crippen molar-refractivity contribution in [2.24, 2.45) is 5.92 Å². The summed E-state index contributed by atoms with van der Waals surface area (Å²) in [5.74, 6) is -0.162. The first-order valence-electron chi connectivity index (χ1n) is 15.2. The molecule has 3 aliphatic heterocycles. The number of nitriles is 1. The van der Waals surface area contributed by atoms with Crippen LogP contribution in [0.15, 0.2) is 46.8 Å². The zero-order chi connectivity index (χ0) is 31.0. The van der Waals surface area contributed by atoms with Gasteiger partial charge in [0.2, 0.25) is 5.91 Å². The molecule has 45 heavy (non-hydrogen) atoms. The Bertz CT molecular complexity index is 2100. The van der Waals surface area contributed by atoms with Crippen LogP contribution in [-0.4, -0.2) is 61.8 Å². The molecule has 0 unspecified atom stereocenters. The summed E-state index contributed by atoms with van der Waals surface area (Å²) in [6.45, 7) is 1.55.